The highest BCUT2D eigenvalue weighted by atomic mass is 127. The van der Waals surface area contributed by atoms with Gasteiger partial charge in [0.05, 0.1) is 16.1 Å². The lowest BCUT2D eigenvalue weighted by atomic mass is 9.92. The van der Waals surface area contributed by atoms with Crippen LogP contribution in [0.15, 0.2) is 18.2 Å². The lowest BCUT2D eigenvalue weighted by Crippen LogP contribution is -2.52. The van der Waals surface area contributed by atoms with E-state index in [0.717, 1.165) is 16.4 Å². The molecule has 0 spiro atoms. The molecule has 0 aromatic heterocycles. The lowest BCUT2D eigenvalue weighted by Gasteiger charge is -2.31. The summed E-state index contributed by atoms with van der Waals surface area (Å²) >= 11 is 8.25. The Morgan fingerprint density at radius 1 is 1.44 bits per heavy atom. The molecule has 0 fully saturated rings. The van der Waals surface area contributed by atoms with Crippen LogP contribution in [0, 0.1) is 3.57 Å². The third-order valence-electron chi connectivity index (χ3n) is 3.30. The van der Waals surface area contributed by atoms with E-state index in [9.17, 15) is 4.79 Å². The molecule has 1 amide bonds. The summed E-state index contributed by atoms with van der Waals surface area (Å²) in [6.45, 7) is 4.46. The van der Waals surface area contributed by atoms with Gasteiger partial charge in [-0.25, -0.2) is 0 Å². The standard InChI is InChI=1S/C13H18ClIN2O/c1-3-13(4-2,8-16)17-12(18)10-6-5-9(15)7-11(10)14/h5-7H,3-4,8,16H2,1-2H3,(H,17,18). The van der Waals surface area contributed by atoms with Crippen LogP contribution >= 0.6 is 34.2 Å². The van der Waals surface area contributed by atoms with E-state index < -0.39 is 0 Å². The first-order valence-electron chi connectivity index (χ1n) is 5.95. The second-order valence-corrected chi connectivity index (χ2v) is 5.92. The third kappa shape index (κ3) is 3.59. The highest BCUT2D eigenvalue weighted by molar-refractivity contribution is 14.1. The smallest absolute Gasteiger partial charge is 0.253 e. The fourth-order valence-electron chi connectivity index (χ4n) is 1.75. The highest BCUT2D eigenvalue weighted by Crippen LogP contribution is 2.21. The first kappa shape index (κ1) is 15.7. The zero-order valence-corrected chi connectivity index (χ0v) is 13.5. The van der Waals surface area contributed by atoms with Crippen molar-refractivity contribution in [2.45, 2.75) is 32.2 Å². The second-order valence-electron chi connectivity index (χ2n) is 4.27. The maximum atomic E-state index is 12.2. The molecule has 100 valence electrons. The molecule has 0 radical (unpaired) electrons. The lowest BCUT2D eigenvalue weighted by molar-refractivity contribution is 0.0895. The number of halogens is 2. The predicted octanol–water partition coefficient (Wildman–Crippen LogP) is 3.19. The molecule has 0 heterocycles. The van der Waals surface area contributed by atoms with Crippen LogP contribution in [0.4, 0.5) is 0 Å². The van der Waals surface area contributed by atoms with Crippen LogP contribution < -0.4 is 11.1 Å². The van der Waals surface area contributed by atoms with E-state index in [2.05, 4.69) is 27.9 Å². The van der Waals surface area contributed by atoms with Crippen LogP contribution in [0.25, 0.3) is 0 Å². The highest BCUT2D eigenvalue weighted by Gasteiger charge is 2.27. The minimum Gasteiger partial charge on any atom is -0.345 e. The van der Waals surface area contributed by atoms with E-state index in [0.29, 0.717) is 17.1 Å². The van der Waals surface area contributed by atoms with Crippen molar-refractivity contribution in [3.05, 3.63) is 32.4 Å². The van der Waals surface area contributed by atoms with Gasteiger partial charge in [0.1, 0.15) is 0 Å². The Hall–Kier alpha value is -0.330. The Bertz CT molecular complexity index is 425. The molecule has 1 aromatic rings. The molecular formula is C13H18ClIN2O. The van der Waals surface area contributed by atoms with Crippen molar-refractivity contribution in [2.75, 3.05) is 6.54 Å². The van der Waals surface area contributed by atoms with Crippen LogP contribution in [0.2, 0.25) is 5.02 Å². The van der Waals surface area contributed by atoms with Gasteiger partial charge in [0.15, 0.2) is 0 Å². The summed E-state index contributed by atoms with van der Waals surface area (Å²) in [7, 11) is 0. The summed E-state index contributed by atoms with van der Waals surface area (Å²) in [5.74, 6) is -0.162. The molecule has 0 aliphatic rings. The fourth-order valence-corrected chi connectivity index (χ4v) is 2.69. The van der Waals surface area contributed by atoms with Crippen molar-refractivity contribution in [1.29, 1.82) is 0 Å². The number of benzene rings is 1. The van der Waals surface area contributed by atoms with Gasteiger partial charge in [-0.15, -0.1) is 0 Å². The molecule has 0 atom stereocenters. The number of carbonyl (C=O) groups excluding carboxylic acids is 1. The molecular weight excluding hydrogens is 363 g/mol. The molecule has 0 bridgehead atoms. The van der Waals surface area contributed by atoms with Crippen LogP contribution in [0.5, 0.6) is 0 Å². The second kappa shape index (κ2) is 6.73. The van der Waals surface area contributed by atoms with Gasteiger partial charge in [-0.1, -0.05) is 25.4 Å². The van der Waals surface area contributed by atoms with Gasteiger partial charge in [0, 0.05) is 10.1 Å². The monoisotopic (exact) mass is 380 g/mol. The molecule has 0 unspecified atom stereocenters. The van der Waals surface area contributed by atoms with Gasteiger partial charge in [-0.3, -0.25) is 4.79 Å². The topological polar surface area (TPSA) is 55.1 Å². The van der Waals surface area contributed by atoms with E-state index in [1.54, 1.807) is 12.1 Å². The molecule has 0 saturated heterocycles. The third-order valence-corrected chi connectivity index (χ3v) is 4.28. The maximum Gasteiger partial charge on any atom is 0.253 e. The number of hydrogen-bond donors (Lipinski definition) is 2. The average molecular weight is 381 g/mol. The molecule has 3 nitrogen and oxygen atoms in total. The zero-order chi connectivity index (χ0) is 13.8. The van der Waals surface area contributed by atoms with Crippen molar-refractivity contribution in [3.63, 3.8) is 0 Å². The van der Waals surface area contributed by atoms with E-state index >= 15 is 0 Å². The zero-order valence-electron chi connectivity index (χ0n) is 10.6. The van der Waals surface area contributed by atoms with Crippen molar-refractivity contribution in [1.82, 2.24) is 5.32 Å². The quantitative estimate of drug-likeness (QED) is 0.771. The van der Waals surface area contributed by atoms with Crippen molar-refractivity contribution >= 4 is 40.1 Å². The number of carbonyl (C=O) groups is 1. The molecule has 1 rings (SSSR count). The average Bonchev–Trinajstić information content (AvgIpc) is 2.36. The molecule has 1 aromatic carbocycles. The molecule has 18 heavy (non-hydrogen) atoms. The van der Waals surface area contributed by atoms with Crippen molar-refractivity contribution in [2.24, 2.45) is 5.73 Å². The number of hydrogen-bond acceptors (Lipinski definition) is 2. The largest absolute Gasteiger partial charge is 0.345 e. The Kier molecular flexibility index (Phi) is 5.88. The van der Waals surface area contributed by atoms with Crippen molar-refractivity contribution < 1.29 is 4.79 Å². The summed E-state index contributed by atoms with van der Waals surface area (Å²) in [6, 6.07) is 5.38. The van der Waals surface area contributed by atoms with Gasteiger partial charge < -0.3 is 11.1 Å². The number of amides is 1. The Morgan fingerprint density at radius 3 is 2.50 bits per heavy atom. The van der Waals surface area contributed by atoms with E-state index in [-0.39, 0.29) is 11.4 Å². The number of nitrogens with two attached hydrogens (primary N) is 1. The van der Waals surface area contributed by atoms with Gasteiger partial charge >= 0.3 is 0 Å². The van der Waals surface area contributed by atoms with Gasteiger partial charge in [0.25, 0.3) is 5.91 Å². The predicted molar refractivity (Wildman–Crippen MR) is 84.0 cm³/mol. The molecule has 0 aliphatic heterocycles. The van der Waals surface area contributed by atoms with Gasteiger partial charge in [-0.05, 0) is 53.6 Å². The first-order chi connectivity index (χ1) is 8.48. The summed E-state index contributed by atoms with van der Waals surface area (Å²) in [6.07, 6.45) is 1.60. The molecule has 3 N–H and O–H groups in total. The Morgan fingerprint density at radius 2 is 2.06 bits per heavy atom. The molecule has 0 aliphatic carbocycles. The minimum atomic E-state index is -0.344. The minimum absolute atomic E-state index is 0.162. The Labute approximate surface area is 127 Å². The van der Waals surface area contributed by atoms with E-state index in [1.807, 2.05) is 19.9 Å². The van der Waals surface area contributed by atoms with Crippen LogP contribution in [-0.2, 0) is 0 Å². The molecule has 0 saturated carbocycles. The first-order valence-corrected chi connectivity index (χ1v) is 7.41. The SMILES string of the molecule is CCC(CC)(CN)NC(=O)c1ccc(I)cc1Cl. The van der Waals surface area contributed by atoms with Crippen molar-refractivity contribution in [3.8, 4) is 0 Å². The molecule has 5 heteroatoms. The van der Waals surface area contributed by atoms with Crippen LogP contribution in [0.3, 0.4) is 0 Å². The van der Waals surface area contributed by atoms with Gasteiger partial charge in [0.2, 0.25) is 0 Å². The summed E-state index contributed by atoms with van der Waals surface area (Å²) in [5, 5.41) is 3.48. The maximum absolute atomic E-state index is 12.2. The summed E-state index contributed by atoms with van der Waals surface area (Å²) < 4.78 is 1.00. The van der Waals surface area contributed by atoms with Crippen LogP contribution in [0.1, 0.15) is 37.0 Å². The Balaban J connectivity index is 2.94. The number of rotatable bonds is 5. The van der Waals surface area contributed by atoms with Gasteiger partial charge in [-0.2, -0.15) is 0 Å². The summed E-state index contributed by atoms with van der Waals surface area (Å²) in [4.78, 5) is 12.2. The number of nitrogens with one attached hydrogen (secondary N) is 1. The van der Waals surface area contributed by atoms with Crippen LogP contribution in [-0.4, -0.2) is 18.0 Å². The van der Waals surface area contributed by atoms with E-state index in [4.69, 9.17) is 17.3 Å². The summed E-state index contributed by atoms with van der Waals surface area (Å²) in [5.41, 5.74) is 5.92. The fraction of sp³-hybridized carbons (Fsp3) is 0.462. The normalized spacial score (nSPS) is 11.4. The van der Waals surface area contributed by atoms with E-state index in [1.165, 1.54) is 0 Å².